The summed E-state index contributed by atoms with van der Waals surface area (Å²) in [5.74, 6) is 1.25. The Kier molecular flexibility index (Phi) is 4.07. The van der Waals surface area contributed by atoms with Gasteiger partial charge in [-0.3, -0.25) is 9.88 Å². The lowest BCUT2D eigenvalue weighted by molar-refractivity contribution is 0.249. The summed E-state index contributed by atoms with van der Waals surface area (Å²) in [5.41, 5.74) is 9.97. The first kappa shape index (κ1) is 16.4. The molecular weight excluding hydrogens is 354 g/mol. The molecule has 1 aliphatic heterocycles. The molecule has 0 atom stereocenters. The highest BCUT2D eigenvalue weighted by atomic mass is 32.1. The summed E-state index contributed by atoms with van der Waals surface area (Å²) < 4.78 is 0. The average molecular weight is 373 g/mol. The largest absolute Gasteiger partial charge is 0.383 e. The number of nitrogens with two attached hydrogens (primary N) is 1. The Morgan fingerprint density at radius 2 is 1.85 bits per heavy atom. The smallest absolute Gasteiger partial charge is 0.163 e. The van der Waals surface area contributed by atoms with Crippen molar-refractivity contribution in [2.75, 3.05) is 12.3 Å². The average Bonchev–Trinajstić information content (AvgIpc) is 3.07. The zero-order valence-electron chi connectivity index (χ0n) is 14.8. The lowest BCUT2D eigenvalue weighted by atomic mass is 10.0. The summed E-state index contributed by atoms with van der Waals surface area (Å²) in [4.78, 5) is 18.3. The van der Waals surface area contributed by atoms with Crippen LogP contribution in [0.1, 0.15) is 16.0 Å². The molecule has 4 heterocycles. The van der Waals surface area contributed by atoms with E-state index in [1.807, 2.05) is 12.1 Å². The standard InChI is InChI=1S/C21H19N5S/c22-19-18-16-8-11-26(12-14-4-2-1-3-5-14)13-17(16)27-21(18)25-20(24-19)15-6-9-23-10-7-15/h1-7,9-10H,8,11-13H2,(H2,22,24,25). The third kappa shape index (κ3) is 3.07. The molecule has 5 nitrogen and oxygen atoms in total. The zero-order valence-corrected chi connectivity index (χ0v) is 15.6. The van der Waals surface area contributed by atoms with Gasteiger partial charge >= 0.3 is 0 Å². The molecular formula is C21H19N5S. The minimum Gasteiger partial charge on any atom is -0.383 e. The lowest BCUT2D eigenvalue weighted by Gasteiger charge is -2.26. The third-order valence-electron chi connectivity index (χ3n) is 4.99. The Hall–Kier alpha value is -2.83. The van der Waals surface area contributed by atoms with Crippen LogP contribution < -0.4 is 5.73 Å². The molecule has 1 aliphatic rings. The minimum atomic E-state index is 0.584. The molecule has 2 N–H and O–H groups in total. The van der Waals surface area contributed by atoms with E-state index in [1.54, 1.807) is 23.7 Å². The Bertz CT molecular complexity index is 1090. The van der Waals surface area contributed by atoms with Crippen LogP contribution in [-0.2, 0) is 19.5 Å². The van der Waals surface area contributed by atoms with Gasteiger partial charge < -0.3 is 5.73 Å². The van der Waals surface area contributed by atoms with Gasteiger partial charge in [-0.05, 0) is 29.7 Å². The van der Waals surface area contributed by atoms with Gasteiger partial charge in [0.15, 0.2) is 5.82 Å². The summed E-state index contributed by atoms with van der Waals surface area (Å²) in [6, 6.07) is 14.5. The summed E-state index contributed by atoms with van der Waals surface area (Å²) in [6.07, 6.45) is 4.49. The number of pyridine rings is 1. The first-order valence-corrected chi connectivity index (χ1v) is 9.84. The maximum atomic E-state index is 6.35. The molecule has 0 amide bonds. The predicted octanol–water partition coefficient (Wildman–Crippen LogP) is 3.89. The second kappa shape index (κ2) is 6.72. The Morgan fingerprint density at radius 3 is 2.67 bits per heavy atom. The van der Waals surface area contributed by atoms with Gasteiger partial charge in [-0.2, -0.15) is 0 Å². The van der Waals surface area contributed by atoms with Crippen molar-refractivity contribution in [3.63, 3.8) is 0 Å². The highest BCUT2D eigenvalue weighted by Crippen LogP contribution is 2.38. The Labute approximate surface area is 161 Å². The molecule has 0 aliphatic carbocycles. The normalized spacial score (nSPS) is 14.4. The van der Waals surface area contributed by atoms with Gasteiger partial charge in [0.05, 0.1) is 5.39 Å². The van der Waals surface area contributed by atoms with E-state index in [9.17, 15) is 0 Å². The van der Waals surface area contributed by atoms with Crippen LogP contribution in [0.3, 0.4) is 0 Å². The van der Waals surface area contributed by atoms with Crippen molar-refractivity contribution >= 4 is 27.4 Å². The van der Waals surface area contributed by atoms with Crippen LogP contribution in [0.25, 0.3) is 21.6 Å². The zero-order chi connectivity index (χ0) is 18.2. The number of aromatic nitrogens is 3. The maximum Gasteiger partial charge on any atom is 0.163 e. The van der Waals surface area contributed by atoms with E-state index in [2.05, 4.69) is 45.2 Å². The number of fused-ring (bicyclic) bond motifs is 3. The molecule has 5 rings (SSSR count). The highest BCUT2D eigenvalue weighted by molar-refractivity contribution is 7.19. The summed E-state index contributed by atoms with van der Waals surface area (Å²) in [5, 5.41) is 1.05. The molecule has 0 saturated carbocycles. The molecule has 1 aromatic carbocycles. The van der Waals surface area contributed by atoms with Crippen molar-refractivity contribution in [1.29, 1.82) is 0 Å². The molecule has 0 bridgehead atoms. The Balaban J connectivity index is 1.49. The van der Waals surface area contributed by atoms with Crippen molar-refractivity contribution in [3.05, 3.63) is 70.9 Å². The van der Waals surface area contributed by atoms with Crippen LogP contribution in [0.5, 0.6) is 0 Å². The number of benzene rings is 1. The number of nitrogen functional groups attached to an aromatic ring is 1. The van der Waals surface area contributed by atoms with Gasteiger partial charge in [0, 0.05) is 42.5 Å². The second-order valence-electron chi connectivity index (χ2n) is 6.80. The summed E-state index contributed by atoms with van der Waals surface area (Å²) in [7, 11) is 0. The molecule has 0 radical (unpaired) electrons. The van der Waals surface area contributed by atoms with Crippen molar-refractivity contribution in [2.45, 2.75) is 19.5 Å². The van der Waals surface area contributed by atoms with E-state index >= 15 is 0 Å². The van der Waals surface area contributed by atoms with Crippen molar-refractivity contribution < 1.29 is 0 Å². The van der Waals surface area contributed by atoms with Crippen LogP contribution in [-0.4, -0.2) is 26.4 Å². The number of hydrogen-bond donors (Lipinski definition) is 1. The van der Waals surface area contributed by atoms with E-state index in [1.165, 1.54) is 16.0 Å². The number of anilines is 1. The topological polar surface area (TPSA) is 67.9 Å². The van der Waals surface area contributed by atoms with E-state index in [0.717, 1.165) is 41.8 Å². The van der Waals surface area contributed by atoms with Gasteiger partial charge in [-0.15, -0.1) is 11.3 Å². The molecule has 6 heteroatoms. The van der Waals surface area contributed by atoms with Gasteiger partial charge in [-0.1, -0.05) is 30.3 Å². The molecule has 0 unspecified atom stereocenters. The fourth-order valence-corrected chi connectivity index (χ4v) is 4.95. The molecule has 134 valence electrons. The van der Waals surface area contributed by atoms with Gasteiger partial charge in [-0.25, -0.2) is 9.97 Å². The van der Waals surface area contributed by atoms with Crippen LogP contribution >= 0.6 is 11.3 Å². The fourth-order valence-electron chi connectivity index (χ4n) is 3.68. The predicted molar refractivity (Wildman–Crippen MR) is 109 cm³/mol. The molecule has 27 heavy (non-hydrogen) atoms. The van der Waals surface area contributed by atoms with Crippen LogP contribution in [0.2, 0.25) is 0 Å². The summed E-state index contributed by atoms with van der Waals surface area (Å²) >= 11 is 1.75. The SMILES string of the molecule is Nc1nc(-c2ccncc2)nc2sc3c(c12)CCN(Cc1ccccc1)C3. The molecule has 3 aromatic heterocycles. The lowest BCUT2D eigenvalue weighted by Crippen LogP contribution is -2.29. The van der Waals surface area contributed by atoms with Gasteiger partial charge in [0.25, 0.3) is 0 Å². The minimum absolute atomic E-state index is 0.584. The molecule has 0 spiro atoms. The van der Waals surface area contributed by atoms with E-state index in [0.29, 0.717) is 11.6 Å². The monoisotopic (exact) mass is 373 g/mol. The number of thiophene rings is 1. The van der Waals surface area contributed by atoms with E-state index in [4.69, 9.17) is 10.7 Å². The second-order valence-corrected chi connectivity index (χ2v) is 7.88. The van der Waals surface area contributed by atoms with Crippen molar-refractivity contribution in [3.8, 4) is 11.4 Å². The van der Waals surface area contributed by atoms with Crippen LogP contribution in [0.15, 0.2) is 54.9 Å². The Morgan fingerprint density at radius 1 is 1.04 bits per heavy atom. The highest BCUT2D eigenvalue weighted by Gasteiger charge is 2.24. The van der Waals surface area contributed by atoms with Gasteiger partial charge in [0.2, 0.25) is 0 Å². The fraction of sp³-hybridized carbons (Fsp3) is 0.190. The third-order valence-corrected chi connectivity index (χ3v) is 6.11. The first-order valence-electron chi connectivity index (χ1n) is 9.02. The molecule has 0 fully saturated rings. The first-order chi connectivity index (χ1) is 13.3. The van der Waals surface area contributed by atoms with Crippen molar-refractivity contribution in [1.82, 2.24) is 19.9 Å². The molecule has 4 aromatic rings. The maximum absolute atomic E-state index is 6.35. The quantitative estimate of drug-likeness (QED) is 0.590. The van der Waals surface area contributed by atoms with Crippen molar-refractivity contribution in [2.24, 2.45) is 0 Å². The van der Waals surface area contributed by atoms with E-state index < -0.39 is 0 Å². The van der Waals surface area contributed by atoms with Gasteiger partial charge in [0.1, 0.15) is 10.6 Å². The number of nitrogens with zero attached hydrogens (tertiary/aromatic N) is 4. The van der Waals surface area contributed by atoms with Crippen LogP contribution in [0.4, 0.5) is 5.82 Å². The summed E-state index contributed by atoms with van der Waals surface area (Å²) in [6.45, 7) is 2.94. The van der Waals surface area contributed by atoms with Crippen LogP contribution in [0, 0.1) is 0 Å². The van der Waals surface area contributed by atoms with E-state index in [-0.39, 0.29) is 0 Å². The number of rotatable bonds is 3. The molecule has 0 saturated heterocycles. The number of hydrogen-bond acceptors (Lipinski definition) is 6.